The summed E-state index contributed by atoms with van der Waals surface area (Å²) in [7, 11) is 0. The van der Waals surface area contributed by atoms with Crippen molar-refractivity contribution in [2.24, 2.45) is 0 Å². The minimum absolute atomic E-state index is 0.108. The number of aliphatic hydroxyl groups is 1. The van der Waals surface area contributed by atoms with Gasteiger partial charge in [0.25, 0.3) is 0 Å². The topological polar surface area (TPSA) is 89.8 Å². The summed E-state index contributed by atoms with van der Waals surface area (Å²) in [6.45, 7) is 0.108. The third-order valence-corrected chi connectivity index (χ3v) is 2.87. The summed E-state index contributed by atoms with van der Waals surface area (Å²) >= 11 is 0. The van der Waals surface area contributed by atoms with Crippen molar-refractivity contribution in [1.82, 2.24) is 0 Å². The fourth-order valence-corrected chi connectivity index (χ4v) is 1.84. The van der Waals surface area contributed by atoms with Crippen LogP contribution in [0.2, 0.25) is 0 Å². The Bertz CT molecular complexity index is 608. The van der Waals surface area contributed by atoms with Crippen molar-refractivity contribution in [1.29, 1.82) is 0 Å². The van der Waals surface area contributed by atoms with E-state index in [0.717, 1.165) is 11.3 Å². The van der Waals surface area contributed by atoms with Crippen molar-refractivity contribution < 1.29 is 20.1 Å². The molecule has 0 atom stereocenters. The fraction of sp³-hybridized carbons (Fsp3) is 0.133. The number of benzene rings is 2. The zero-order chi connectivity index (χ0) is 14.5. The van der Waals surface area contributed by atoms with E-state index in [-0.39, 0.29) is 17.9 Å². The monoisotopic (exact) mass is 273 g/mol. The van der Waals surface area contributed by atoms with Crippen LogP contribution in [0.4, 0.5) is 11.4 Å². The predicted octanol–water partition coefficient (Wildman–Crippen LogP) is 2.37. The van der Waals surface area contributed by atoms with E-state index in [2.05, 4.69) is 5.32 Å². The number of aromatic carboxylic acids is 1. The summed E-state index contributed by atoms with van der Waals surface area (Å²) in [6, 6.07) is 11.8. The third-order valence-electron chi connectivity index (χ3n) is 2.87. The lowest BCUT2D eigenvalue weighted by molar-refractivity contribution is 0.0694. The molecular weight excluding hydrogens is 258 g/mol. The van der Waals surface area contributed by atoms with Gasteiger partial charge in [-0.05, 0) is 36.2 Å². The second-order valence-electron chi connectivity index (χ2n) is 4.33. The van der Waals surface area contributed by atoms with Gasteiger partial charge in [0, 0.05) is 24.0 Å². The minimum Gasteiger partial charge on any atom is -0.507 e. The van der Waals surface area contributed by atoms with Gasteiger partial charge in [-0.1, -0.05) is 12.1 Å². The van der Waals surface area contributed by atoms with E-state index in [1.54, 1.807) is 6.07 Å². The van der Waals surface area contributed by atoms with Gasteiger partial charge in [0.15, 0.2) is 0 Å². The number of carboxylic acid groups (broad SMARTS) is 1. The number of rotatable bonds is 5. The Hall–Kier alpha value is -2.53. The summed E-state index contributed by atoms with van der Waals surface area (Å²) in [5, 5.41) is 30.3. The number of aromatic hydroxyl groups is 1. The predicted molar refractivity (Wildman–Crippen MR) is 75.6 cm³/mol. The minimum atomic E-state index is -1.16. The molecule has 2 rings (SSSR count). The fourth-order valence-electron chi connectivity index (χ4n) is 1.84. The summed E-state index contributed by atoms with van der Waals surface area (Å²) in [5.74, 6) is -1.44. The molecule has 0 aromatic heterocycles. The Labute approximate surface area is 116 Å². The molecular formula is C15H15NO4. The number of hydrogen-bond acceptors (Lipinski definition) is 4. The van der Waals surface area contributed by atoms with Crippen LogP contribution in [-0.2, 0) is 6.42 Å². The lowest BCUT2D eigenvalue weighted by Crippen LogP contribution is -1.98. The van der Waals surface area contributed by atoms with Crippen molar-refractivity contribution in [2.45, 2.75) is 6.42 Å². The number of aliphatic hydroxyl groups excluding tert-OH is 1. The van der Waals surface area contributed by atoms with Crippen LogP contribution in [0.5, 0.6) is 5.75 Å². The Morgan fingerprint density at radius 1 is 1.05 bits per heavy atom. The van der Waals surface area contributed by atoms with Gasteiger partial charge in [-0.15, -0.1) is 0 Å². The van der Waals surface area contributed by atoms with Crippen molar-refractivity contribution in [3.8, 4) is 5.75 Å². The van der Waals surface area contributed by atoms with Crippen LogP contribution in [0.1, 0.15) is 15.9 Å². The van der Waals surface area contributed by atoms with Gasteiger partial charge in [-0.25, -0.2) is 4.79 Å². The Kier molecular flexibility index (Phi) is 4.22. The van der Waals surface area contributed by atoms with Gasteiger partial charge in [0.1, 0.15) is 11.3 Å². The normalized spacial score (nSPS) is 10.2. The van der Waals surface area contributed by atoms with Gasteiger partial charge in [0.05, 0.1) is 0 Å². The molecule has 5 heteroatoms. The SMILES string of the molecule is O=C(O)c1ccc(Nc2ccc(CCO)cc2)cc1O. The summed E-state index contributed by atoms with van der Waals surface area (Å²) in [6.07, 6.45) is 0.606. The van der Waals surface area contributed by atoms with E-state index in [0.29, 0.717) is 12.1 Å². The quantitative estimate of drug-likeness (QED) is 0.671. The van der Waals surface area contributed by atoms with E-state index in [4.69, 9.17) is 10.2 Å². The maximum Gasteiger partial charge on any atom is 0.339 e. The number of hydrogen-bond donors (Lipinski definition) is 4. The van der Waals surface area contributed by atoms with Crippen LogP contribution in [-0.4, -0.2) is 27.9 Å². The molecule has 0 fully saturated rings. The molecule has 2 aromatic carbocycles. The molecule has 0 spiro atoms. The average Bonchev–Trinajstić information content (AvgIpc) is 2.41. The van der Waals surface area contributed by atoms with Crippen LogP contribution in [0.25, 0.3) is 0 Å². The largest absolute Gasteiger partial charge is 0.507 e. The van der Waals surface area contributed by atoms with Crippen molar-refractivity contribution in [3.63, 3.8) is 0 Å². The number of carboxylic acids is 1. The first-order valence-electron chi connectivity index (χ1n) is 6.13. The van der Waals surface area contributed by atoms with Crippen molar-refractivity contribution >= 4 is 17.3 Å². The Morgan fingerprint density at radius 2 is 1.70 bits per heavy atom. The molecule has 104 valence electrons. The summed E-state index contributed by atoms with van der Waals surface area (Å²) in [5.41, 5.74) is 2.31. The molecule has 0 bridgehead atoms. The summed E-state index contributed by atoms with van der Waals surface area (Å²) < 4.78 is 0. The van der Waals surface area contributed by atoms with Gasteiger partial charge >= 0.3 is 5.97 Å². The molecule has 0 unspecified atom stereocenters. The highest BCUT2D eigenvalue weighted by atomic mass is 16.4. The van der Waals surface area contributed by atoms with Gasteiger partial charge in [-0.2, -0.15) is 0 Å². The second-order valence-corrected chi connectivity index (χ2v) is 4.33. The highest BCUT2D eigenvalue weighted by Crippen LogP contribution is 2.24. The smallest absolute Gasteiger partial charge is 0.339 e. The summed E-state index contributed by atoms with van der Waals surface area (Å²) in [4.78, 5) is 10.8. The van der Waals surface area contributed by atoms with E-state index >= 15 is 0 Å². The molecule has 4 N–H and O–H groups in total. The second kappa shape index (κ2) is 6.08. The van der Waals surface area contributed by atoms with E-state index in [9.17, 15) is 9.90 Å². The molecule has 0 radical (unpaired) electrons. The molecule has 0 saturated heterocycles. The number of anilines is 2. The van der Waals surface area contributed by atoms with Crippen LogP contribution in [0, 0.1) is 0 Å². The van der Waals surface area contributed by atoms with E-state index in [1.807, 2.05) is 24.3 Å². The molecule has 5 nitrogen and oxygen atoms in total. The first-order chi connectivity index (χ1) is 9.60. The highest BCUT2D eigenvalue weighted by Gasteiger charge is 2.09. The van der Waals surface area contributed by atoms with Crippen LogP contribution < -0.4 is 5.32 Å². The van der Waals surface area contributed by atoms with Crippen molar-refractivity contribution in [2.75, 3.05) is 11.9 Å². The van der Waals surface area contributed by atoms with Gasteiger partial charge < -0.3 is 20.6 Å². The van der Waals surface area contributed by atoms with E-state index in [1.165, 1.54) is 12.1 Å². The van der Waals surface area contributed by atoms with Gasteiger partial charge in [-0.3, -0.25) is 0 Å². The third kappa shape index (κ3) is 3.27. The molecule has 0 aliphatic rings. The maximum atomic E-state index is 10.8. The lowest BCUT2D eigenvalue weighted by atomic mass is 10.1. The Morgan fingerprint density at radius 3 is 2.25 bits per heavy atom. The number of phenols is 1. The molecule has 20 heavy (non-hydrogen) atoms. The van der Waals surface area contributed by atoms with Crippen molar-refractivity contribution in [3.05, 3.63) is 53.6 Å². The maximum absolute atomic E-state index is 10.8. The average molecular weight is 273 g/mol. The number of nitrogens with one attached hydrogen (secondary N) is 1. The molecule has 0 amide bonds. The molecule has 0 aliphatic carbocycles. The lowest BCUT2D eigenvalue weighted by Gasteiger charge is -2.09. The first-order valence-corrected chi connectivity index (χ1v) is 6.13. The number of carbonyl (C=O) groups is 1. The molecule has 0 heterocycles. The van der Waals surface area contributed by atoms with E-state index < -0.39 is 5.97 Å². The van der Waals surface area contributed by atoms with Crippen LogP contribution >= 0.6 is 0 Å². The van der Waals surface area contributed by atoms with Gasteiger partial charge in [0.2, 0.25) is 0 Å². The zero-order valence-corrected chi connectivity index (χ0v) is 10.7. The first kappa shape index (κ1) is 13.9. The standard InChI is InChI=1S/C15H15NO4/c17-8-7-10-1-3-11(4-2-10)16-12-5-6-13(15(19)20)14(18)9-12/h1-6,9,16-18H,7-8H2,(H,19,20). The molecule has 2 aromatic rings. The Balaban J connectivity index is 2.13. The van der Waals surface area contributed by atoms with Crippen LogP contribution in [0.3, 0.4) is 0 Å². The molecule has 0 aliphatic heterocycles. The molecule has 0 saturated carbocycles. The highest BCUT2D eigenvalue weighted by molar-refractivity contribution is 5.91. The van der Waals surface area contributed by atoms with Crippen LogP contribution in [0.15, 0.2) is 42.5 Å². The zero-order valence-electron chi connectivity index (χ0n) is 10.7.